The fraction of sp³-hybridized carbons (Fsp3) is 0.316. The summed E-state index contributed by atoms with van der Waals surface area (Å²) in [5.41, 5.74) is 1.30. The topological polar surface area (TPSA) is 59.0 Å². The Kier molecular flexibility index (Phi) is 4.30. The number of rotatable bonds is 3. The molecule has 0 radical (unpaired) electrons. The lowest BCUT2D eigenvalue weighted by molar-refractivity contribution is 0.0502. The van der Waals surface area contributed by atoms with Crippen LogP contribution in [0.3, 0.4) is 0 Å². The lowest BCUT2D eigenvalue weighted by Gasteiger charge is -2.32. The van der Waals surface area contributed by atoms with E-state index in [2.05, 4.69) is 0 Å². The molecule has 1 unspecified atom stereocenters. The summed E-state index contributed by atoms with van der Waals surface area (Å²) < 4.78 is 10.8. The van der Waals surface area contributed by atoms with Crippen molar-refractivity contribution in [2.24, 2.45) is 0 Å². The molecule has 126 valence electrons. The predicted octanol–water partition coefficient (Wildman–Crippen LogP) is 2.16. The van der Waals surface area contributed by atoms with Crippen LogP contribution in [0.25, 0.3) is 0 Å². The summed E-state index contributed by atoms with van der Waals surface area (Å²) in [7, 11) is 5.13. The van der Waals surface area contributed by atoms with Crippen molar-refractivity contribution in [3.05, 3.63) is 64.7 Å². The Morgan fingerprint density at radius 2 is 1.92 bits per heavy atom. The number of carbonyl (C=O) groups is 1. The Labute approximate surface area is 141 Å². The standard InChI is InChI=1S/C19H21NO4/c1-20(2)12-19(22)15-9-5-4-7-13(15)11-24-17-14(18(21)23-3)8-6-10-16(17)19/h4-10,22H,11-12H2,1-3H3. The Morgan fingerprint density at radius 3 is 2.62 bits per heavy atom. The van der Waals surface area contributed by atoms with Gasteiger partial charge in [-0.3, -0.25) is 0 Å². The highest BCUT2D eigenvalue weighted by atomic mass is 16.5. The van der Waals surface area contributed by atoms with E-state index < -0.39 is 11.6 Å². The van der Waals surface area contributed by atoms with Crippen LogP contribution in [0.2, 0.25) is 0 Å². The highest BCUT2D eigenvalue weighted by molar-refractivity contribution is 5.93. The van der Waals surface area contributed by atoms with Crippen LogP contribution in [0.15, 0.2) is 42.5 Å². The molecule has 5 heteroatoms. The molecule has 0 aliphatic carbocycles. The van der Waals surface area contributed by atoms with Gasteiger partial charge in [0, 0.05) is 12.1 Å². The van der Waals surface area contributed by atoms with Crippen molar-refractivity contribution >= 4 is 5.97 Å². The lowest BCUT2D eigenvalue weighted by Crippen LogP contribution is -2.39. The van der Waals surface area contributed by atoms with Crippen LogP contribution in [-0.4, -0.2) is 43.7 Å². The van der Waals surface area contributed by atoms with Crippen molar-refractivity contribution in [2.75, 3.05) is 27.7 Å². The SMILES string of the molecule is COC(=O)c1cccc2c1OCc1ccccc1C2(O)CN(C)C. The molecule has 1 aliphatic heterocycles. The molecule has 0 bridgehead atoms. The summed E-state index contributed by atoms with van der Waals surface area (Å²) in [6, 6.07) is 12.8. The predicted molar refractivity (Wildman–Crippen MR) is 90.1 cm³/mol. The van der Waals surface area contributed by atoms with E-state index in [1.54, 1.807) is 18.2 Å². The summed E-state index contributed by atoms with van der Waals surface area (Å²) in [6.45, 7) is 0.651. The zero-order valence-electron chi connectivity index (χ0n) is 14.1. The van der Waals surface area contributed by atoms with E-state index >= 15 is 0 Å². The fourth-order valence-electron chi connectivity index (χ4n) is 3.26. The van der Waals surface area contributed by atoms with Gasteiger partial charge in [-0.2, -0.15) is 0 Å². The molecule has 1 aliphatic rings. The van der Waals surface area contributed by atoms with Crippen molar-refractivity contribution in [1.82, 2.24) is 4.90 Å². The number of fused-ring (bicyclic) bond motifs is 2. The number of likely N-dealkylation sites (N-methyl/N-ethyl adjacent to an activating group) is 1. The second-order valence-corrected chi connectivity index (χ2v) is 6.22. The fourth-order valence-corrected chi connectivity index (χ4v) is 3.26. The number of hydrogen-bond acceptors (Lipinski definition) is 5. The molecule has 5 nitrogen and oxygen atoms in total. The zero-order chi connectivity index (χ0) is 17.3. The van der Waals surface area contributed by atoms with E-state index in [0.717, 1.165) is 11.1 Å². The zero-order valence-corrected chi connectivity index (χ0v) is 14.1. The number of esters is 1. The monoisotopic (exact) mass is 327 g/mol. The third-order valence-electron chi connectivity index (χ3n) is 4.25. The quantitative estimate of drug-likeness (QED) is 0.876. The van der Waals surface area contributed by atoms with E-state index in [4.69, 9.17) is 9.47 Å². The average Bonchev–Trinajstić information content (AvgIpc) is 2.69. The van der Waals surface area contributed by atoms with Gasteiger partial charge in [-0.25, -0.2) is 4.79 Å². The van der Waals surface area contributed by atoms with E-state index in [0.29, 0.717) is 23.4 Å². The smallest absolute Gasteiger partial charge is 0.341 e. The molecule has 1 atom stereocenters. The summed E-state index contributed by atoms with van der Waals surface area (Å²) in [4.78, 5) is 14.0. The molecule has 2 aromatic rings. The normalized spacial score (nSPS) is 19.0. The number of benzene rings is 2. The van der Waals surface area contributed by atoms with Crippen molar-refractivity contribution in [3.63, 3.8) is 0 Å². The maximum atomic E-state index is 12.1. The van der Waals surface area contributed by atoms with Crippen LogP contribution in [0, 0.1) is 0 Å². The van der Waals surface area contributed by atoms with Crippen LogP contribution in [0.4, 0.5) is 0 Å². The number of nitrogens with zero attached hydrogens (tertiary/aromatic N) is 1. The van der Waals surface area contributed by atoms with Crippen LogP contribution in [0.5, 0.6) is 5.75 Å². The summed E-state index contributed by atoms with van der Waals surface area (Å²) in [5.74, 6) is -0.102. The third kappa shape index (κ3) is 2.66. The van der Waals surface area contributed by atoms with Gasteiger partial charge in [-0.1, -0.05) is 36.4 Å². The van der Waals surface area contributed by atoms with Crippen LogP contribution in [0.1, 0.15) is 27.0 Å². The number of para-hydroxylation sites is 1. The number of ether oxygens (including phenoxy) is 2. The largest absolute Gasteiger partial charge is 0.488 e. The first kappa shape index (κ1) is 16.5. The Balaban J connectivity index is 2.27. The Bertz CT molecular complexity index is 772. The molecule has 0 saturated heterocycles. The van der Waals surface area contributed by atoms with Crippen molar-refractivity contribution < 1.29 is 19.4 Å². The minimum atomic E-state index is -1.28. The van der Waals surface area contributed by atoms with Gasteiger partial charge in [0.05, 0.1) is 7.11 Å². The van der Waals surface area contributed by atoms with Gasteiger partial charge >= 0.3 is 5.97 Å². The molecule has 2 aromatic carbocycles. The molecule has 3 rings (SSSR count). The summed E-state index contributed by atoms with van der Waals surface area (Å²) in [5, 5.41) is 11.6. The molecule has 0 aromatic heterocycles. The molecule has 0 amide bonds. The van der Waals surface area contributed by atoms with E-state index in [1.807, 2.05) is 43.3 Å². The second-order valence-electron chi connectivity index (χ2n) is 6.22. The molecular weight excluding hydrogens is 306 g/mol. The molecular formula is C19H21NO4. The number of carbonyl (C=O) groups excluding carboxylic acids is 1. The van der Waals surface area contributed by atoms with Crippen LogP contribution in [-0.2, 0) is 16.9 Å². The van der Waals surface area contributed by atoms with E-state index in [-0.39, 0.29) is 6.61 Å². The Morgan fingerprint density at radius 1 is 1.21 bits per heavy atom. The van der Waals surface area contributed by atoms with Gasteiger partial charge in [0.1, 0.15) is 23.5 Å². The molecule has 0 saturated carbocycles. The van der Waals surface area contributed by atoms with Gasteiger partial charge in [-0.15, -0.1) is 0 Å². The molecule has 1 N–H and O–H groups in total. The van der Waals surface area contributed by atoms with Crippen molar-refractivity contribution in [3.8, 4) is 5.75 Å². The van der Waals surface area contributed by atoms with Crippen molar-refractivity contribution in [2.45, 2.75) is 12.2 Å². The first-order valence-electron chi connectivity index (χ1n) is 7.77. The number of methoxy groups -OCH3 is 1. The second kappa shape index (κ2) is 6.26. The number of hydrogen-bond donors (Lipinski definition) is 1. The third-order valence-corrected chi connectivity index (χ3v) is 4.25. The lowest BCUT2D eigenvalue weighted by atomic mass is 9.82. The maximum absolute atomic E-state index is 12.1. The highest BCUT2D eigenvalue weighted by Crippen LogP contribution is 2.42. The maximum Gasteiger partial charge on any atom is 0.341 e. The van der Waals surface area contributed by atoms with Gasteiger partial charge in [0.2, 0.25) is 0 Å². The minimum absolute atomic E-state index is 0.285. The average molecular weight is 327 g/mol. The molecule has 1 heterocycles. The highest BCUT2D eigenvalue weighted by Gasteiger charge is 2.40. The first-order valence-corrected chi connectivity index (χ1v) is 7.77. The van der Waals surface area contributed by atoms with E-state index in [9.17, 15) is 9.90 Å². The van der Waals surface area contributed by atoms with E-state index in [1.165, 1.54) is 7.11 Å². The van der Waals surface area contributed by atoms with Gasteiger partial charge in [0.15, 0.2) is 0 Å². The Hall–Kier alpha value is -2.37. The molecule has 24 heavy (non-hydrogen) atoms. The van der Waals surface area contributed by atoms with Crippen LogP contribution >= 0.6 is 0 Å². The first-order chi connectivity index (χ1) is 11.5. The van der Waals surface area contributed by atoms with Gasteiger partial charge in [0.25, 0.3) is 0 Å². The van der Waals surface area contributed by atoms with Gasteiger partial charge < -0.3 is 19.5 Å². The summed E-state index contributed by atoms with van der Waals surface area (Å²) in [6.07, 6.45) is 0. The van der Waals surface area contributed by atoms with Gasteiger partial charge in [-0.05, 0) is 31.3 Å². The number of aliphatic hydroxyl groups is 1. The van der Waals surface area contributed by atoms with Crippen molar-refractivity contribution in [1.29, 1.82) is 0 Å². The molecule has 0 fully saturated rings. The minimum Gasteiger partial charge on any atom is -0.488 e. The molecule has 0 spiro atoms. The van der Waals surface area contributed by atoms with Crippen LogP contribution < -0.4 is 4.74 Å². The summed E-state index contributed by atoms with van der Waals surface area (Å²) >= 11 is 0.